The molecule has 7 heteroatoms. The second-order valence-corrected chi connectivity index (χ2v) is 7.68. The summed E-state index contributed by atoms with van der Waals surface area (Å²) in [6.45, 7) is 5.28. The van der Waals surface area contributed by atoms with Gasteiger partial charge >= 0.3 is 5.97 Å². The van der Waals surface area contributed by atoms with E-state index in [0.29, 0.717) is 5.56 Å². The van der Waals surface area contributed by atoms with Gasteiger partial charge in [0.15, 0.2) is 11.6 Å². The molecule has 4 atom stereocenters. The van der Waals surface area contributed by atoms with E-state index in [4.69, 9.17) is 4.74 Å². The maximum atomic E-state index is 13.9. The summed E-state index contributed by atoms with van der Waals surface area (Å²) in [7, 11) is 1.54. The van der Waals surface area contributed by atoms with Gasteiger partial charge in [-0.2, -0.15) is 0 Å². The molecule has 2 aromatic carbocycles. The molecule has 2 rings (SSSR count). The summed E-state index contributed by atoms with van der Waals surface area (Å²) in [5, 5.41) is 10.7. The Balaban J connectivity index is 2.33. The third kappa shape index (κ3) is 6.10. The van der Waals surface area contributed by atoms with E-state index >= 15 is 0 Å². The number of benzene rings is 2. The summed E-state index contributed by atoms with van der Waals surface area (Å²) in [5.41, 5.74) is 0.910. The van der Waals surface area contributed by atoms with Crippen LogP contribution in [0.4, 0.5) is 8.78 Å². The van der Waals surface area contributed by atoms with Crippen LogP contribution in [0.5, 0.6) is 0 Å². The average molecular weight is 433 g/mol. The molecule has 0 aliphatic heterocycles. The fourth-order valence-electron chi connectivity index (χ4n) is 3.58. The van der Waals surface area contributed by atoms with Crippen molar-refractivity contribution in [3.05, 3.63) is 71.3 Å². The van der Waals surface area contributed by atoms with Crippen LogP contribution < -0.4 is 0 Å². The highest BCUT2D eigenvalue weighted by Gasteiger charge is 2.35. The molecule has 0 fully saturated rings. The van der Waals surface area contributed by atoms with Crippen LogP contribution in [0.1, 0.15) is 50.3 Å². The monoisotopic (exact) mass is 433 g/mol. The van der Waals surface area contributed by atoms with Gasteiger partial charge in [0.1, 0.15) is 0 Å². The summed E-state index contributed by atoms with van der Waals surface area (Å²) in [6.07, 6.45) is -1.01. The van der Waals surface area contributed by atoms with Gasteiger partial charge in [0.2, 0.25) is 5.91 Å². The molecule has 0 radical (unpaired) electrons. The first kappa shape index (κ1) is 24.5. The third-order valence-corrected chi connectivity index (χ3v) is 5.49. The number of likely N-dealkylation sites (N-methyl/N-ethyl adjacent to an activating group) is 1. The van der Waals surface area contributed by atoms with Crippen molar-refractivity contribution in [2.45, 2.75) is 45.3 Å². The van der Waals surface area contributed by atoms with Crippen molar-refractivity contribution in [3.63, 3.8) is 0 Å². The number of carbonyl (C=O) groups excluding carboxylic acids is 2. The Bertz CT molecular complexity index is 890. The van der Waals surface area contributed by atoms with Gasteiger partial charge in [0.25, 0.3) is 0 Å². The largest absolute Gasteiger partial charge is 0.466 e. The number of aliphatic hydroxyl groups excluding tert-OH is 1. The molecule has 5 nitrogen and oxygen atoms in total. The van der Waals surface area contributed by atoms with E-state index in [0.717, 1.165) is 12.1 Å². The lowest BCUT2D eigenvalue weighted by atomic mass is 9.83. The first-order chi connectivity index (χ1) is 14.7. The van der Waals surface area contributed by atoms with Gasteiger partial charge in [0.05, 0.1) is 24.7 Å². The topological polar surface area (TPSA) is 66.8 Å². The Morgan fingerprint density at radius 3 is 2.26 bits per heavy atom. The third-order valence-electron chi connectivity index (χ3n) is 5.49. The molecule has 0 unspecified atom stereocenters. The standard InChI is InChI=1S/C24H29F2NO4/c1-5-31-21(28)13-15(2)22(18-11-12-19(25)20(26)14-18)24(30)27(4)16(3)23(29)17-9-7-6-8-10-17/h6-12,14-16,22-23,29H,5,13H2,1-4H3/t15-,16-,22-,23+/m1/s1. The smallest absolute Gasteiger partial charge is 0.306 e. The molecule has 0 aliphatic rings. The van der Waals surface area contributed by atoms with Crippen molar-refractivity contribution in [3.8, 4) is 0 Å². The van der Waals surface area contributed by atoms with Crippen molar-refractivity contribution in [1.82, 2.24) is 4.90 Å². The summed E-state index contributed by atoms with van der Waals surface area (Å²) in [5.74, 6) is -4.44. The maximum absolute atomic E-state index is 13.9. The molecule has 1 N–H and O–H groups in total. The zero-order chi connectivity index (χ0) is 23.1. The lowest BCUT2D eigenvalue weighted by molar-refractivity contribution is -0.145. The molecule has 1 amide bonds. The average Bonchev–Trinajstić information content (AvgIpc) is 2.75. The Labute approximate surface area is 181 Å². The number of aliphatic hydroxyl groups is 1. The van der Waals surface area contributed by atoms with Gasteiger partial charge in [-0.3, -0.25) is 9.59 Å². The molecule has 0 saturated heterocycles. The Kier molecular flexibility index (Phi) is 8.68. The highest BCUT2D eigenvalue weighted by Crippen LogP contribution is 2.32. The zero-order valence-electron chi connectivity index (χ0n) is 18.2. The van der Waals surface area contributed by atoms with Crippen LogP contribution in [0.25, 0.3) is 0 Å². The molecule has 0 saturated carbocycles. The molecular weight excluding hydrogens is 404 g/mol. The number of nitrogens with zero attached hydrogens (tertiary/aromatic N) is 1. The predicted octanol–water partition coefficient (Wildman–Crippen LogP) is 4.22. The minimum atomic E-state index is -1.07. The van der Waals surface area contributed by atoms with Crippen molar-refractivity contribution >= 4 is 11.9 Å². The lowest BCUT2D eigenvalue weighted by Gasteiger charge is -2.34. The molecule has 0 aromatic heterocycles. The fourth-order valence-corrected chi connectivity index (χ4v) is 3.58. The minimum Gasteiger partial charge on any atom is -0.466 e. The summed E-state index contributed by atoms with van der Waals surface area (Å²) in [4.78, 5) is 26.8. The lowest BCUT2D eigenvalue weighted by Crippen LogP contribution is -2.43. The number of rotatable bonds is 9. The van der Waals surface area contributed by atoms with E-state index in [9.17, 15) is 23.5 Å². The molecule has 0 spiro atoms. The number of halogens is 2. The van der Waals surface area contributed by atoms with Gasteiger partial charge in [-0.15, -0.1) is 0 Å². The molecule has 0 heterocycles. The maximum Gasteiger partial charge on any atom is 0.306 e. The minimum absolute atomic E-state index is 0.0628. The van der Waals surface area contributed by atoms with Crippen molar-refractivity contribution in [2.75, 3.05) is 13.7 Å². The van der Waals surface area contributed by atoms with Crippen molar-refractivity contribution in [2.24, 2.45) is 5.92 Å². The summed E-state index contributed by atoms with van der Waals surface area (Å²) < 4.78 is 32.4. The number of esters is 1. The van der Waals surface area contributed by atoms with Gasteiger partial charge in [0, 0.05) is 13.5 Å². The molecule has 31 heavy (non-hydrogen) atoms. The zero-order valence-corrected chi connectivity index (χ0v) is 18.2. The van der Waals surface area contributed by atoms with Crippen molar-refractivity contribution in [1.29, 1.82) is 0 Å². The molecule has 168 valence electrons. The van der Waals surface area contributed by atoms with E-state index in [1.54, 1.807) is 52.1 Å². The number of amides is 1. The van der Waals surface area contributed by atoms with Gasteiger partial charge < -0.3 is 14.7 Å². The van der Waals surface area contributed by atoms with Crippen molar-refractivity contribution < 1.29 is 28.2 Å². The van der Waals surface area contributed by atoms with Crippen LogP contribution in [0.15, 0.2) is 48.5 Å². The summed E-state index contributed by atoms with van der Waals surface area (Å²) >= 11 is 0. The second kappa shape index (κ2) is 11.0. The molecule has 0 bridgehead atoms. The Morgan fingerprint density at radius 2 is 1.68 bits per heavy atom. The first-order valence-electron chi connectivity index (χ1n) is 10.3. The number of ether oxygens (including phenoxy) is 1. The van der Waals surface area contributed by atoms with Crippen LogP contribution >= 0.6 is 0 Å². The van der Waals surface area contributed by atoms with Gasteiger partial charge in [-0.05, 0) is 43.0 Å². The van der Waals surface area contributed by atoms with Crippen LogP contribution in [-0.4, -0.2) is 41.6 Å². The highest BCUT2D eigenvalue weighted by atomic mass is 19.2. The molecule has 0 aliphatic carbocycles. The van der Waals surface area contributed by atoms with Crippen LogP contribution in [0.3, 0.4) is 0 Å². The van der Waals surface area contributed by atoms with E-state index < -0.39 is 47.5 Å². The highest BCUT2D eigenvalue weighted by molar-refractivity contribution is 5.85. The summed E-state index contributed by atoms with van der Waals surface area (Å²) in [6, 6.07) is 11.6. The molecule has 2 aromatic rings. The Hall–Kier alpha value is -2.80. The van der Waals surface area contributed by atoms with Crippen LogP contribution in [0.2, 0.25) is 0 Å². The second-order valence-electron chi connectivity index (χ2n) is 7.68. The number of carbonyl (C=O) groups is 2. The number of hydrogen-bond acceptors (Lipinski definition) is 4. The van der Waals surface area contributed by atoms with Crippen LogP contribution in [-0.2, 0) is 14.3 Å². The quantitative estimate of drug-likeness (QED) is 0.602. The Morgan fingerprint density at radius 1 is 1.03 bits per heavy atom. The SMILES string of the molecule is CCOC(=O)C[C@@H](C)[C@@H](C(=O)N(C)[C@H](C)[C@H](O)c1ccccc1)c1ccc(F)c(F)c1. The normalized spacial score (nSPS) is 14.9. The predicted molar refractivity (Wildman–Crippen MR) is 113 cm³/mol. The molecular formula is C24H29F2NO4. The van der Waals surface area contributed by atoms with Crippen LogP contribution in [0, 0.1) is 17.6 Å². The number of hydrogen-bond donors (Lipinski definition) is 1. The van der Waals surface area contributed by atoms with E-state index in [-0.39, 0.29) is 18.6 Å². The fraction of sp³-hybridized carbons (Fsp3) is 0.417. The van der Waals surface area contributed by atoms with Gasteiger partial charge in [-0.1, -0.05) is 43.3 Å². The van der Waals surface area contributed by atoms with E-state index in [1.165, 1.54) is 11.0 Å². The van der Waals surface area contributed by atoms with E-state index in [2.05, 4.69) is 0 Å². The first-order valence-corrected chi connectivity index (χ1v) is 10.3. The van der Waals surface area contributed by atoms with E-state index in [1.807, 2.05) is 6.07 Å². The van der Waals surface area contributed by atoms with Gasteiger partial charge in [-0.25, -0.2) is 8.78 Å².